The van der Waals surface area contributed by atoms with E-state index in [9.17, 15) is 10.1 Å². The molecule has 0 saturated heterocycles. The number of nitriles is 1. The van der Waals surface area contributed by atoms with Crippen molar-refractivity contribution in [3.8, 4) is 11.8 Å². The van der Waals surface area contributed by atoms with Crippen LogP contribution in [0.3, 0.4) is 0 Å². The number of hydrogen-bond acceptors (Lipinski definition) is 4. The molecular weight excluding hydrogens is 382 g/mol. The van der Waals surface area contributed by atoms with E-state index in [2.05, 4.69) is 28.9 Å². The minimum absolute atomic E-state index is 0.0543. The second-order valence-electron chi connectivity index (χ2n) is 6.00. The summed E-state index contributed by atoms with van der Waals surface area (Å²) in [6, 6.07) is 11.5. The minimum atomic E-state index is -0.531. The Kier molecular flexibility index (Phi) is 4.69. The molecule has 2 heterocycles. The molecule has 1 atom stereocenters. The number of ether oxygens (including phenoxy) is 1. The summed E-state index contributed by atoms with van der Waals surface area (Å²) in [7, 11) is 1.75. The minimum Gasteiger partial charge on any atom is -0.440 e. The zero-order valence-electron chi connectivity index (χ0n) is 14.0. The lowest BCUT2D eigenvalue weighted by Gasteiger charge is -2.27. The van der Waals surface area contributed by atoms with Gasteiger partial charge in [-0.25, -0.2) is 0 Å². The van der Waals surface area contributed by atoms with E-state index in [0.717, 1.165) is 28.6 Å². The molecule has 1 aromatic carbocycles. The smallest absolute Gasteiger partial charge is 0.258 e. The molecule has 1 unspecified atom stereocenters. The second kappa shape index (κ2) is 6.77. The first-order valence-electron chi connectivity index (χ1n) is 8.03. The zero-order valence-corrected chi connectivity index (χ0v) is 15.6. The number of nitrogens with two attached hydrogens (primary N) is 1. The molecule has 2 aromatic rings. The molecule has 0 radical (unpaired) electrons. The molecule has 1 aliphatic rings. The Morgan fingerprint density at radius 1 is 1.36 bits per heavy atom. The molecule has 6 heteroatoms. The predicted molar refractivity (Wildman–Crippen MR) is 99.1 cm³/mol. The second-order valence-corrected chi connectivity index (χ2v) is 6.92. The number of hydrogen-bond donors (Lipinski definition) is 1. The highest BCUT2D eigenvalue weighted by Gasteiger charge is 2.34. The van der Waals surface area contributed by atoms with Crippen LogP contribution in [0.1, 0.15) is 36.1 Å². The monoisotopic (exact) mass is 399 g/mol. The van der Waals surface area contributed by atoms with E-state index in [0.29, 0.717) is 11.3 Å². The Morgan fingerprint density at radius 2 is 2.04 bits per heavy atom. The summed E-state index contributed by atoms with van der Waals surface area (Å²) in [6.45, 7) is 2.05. The predicted octanol–water partition coefficient (Wildman–Crippen LogP) is 3.32. The highest BCUT2D eigenvalue weighted by atomic mass is 79.9. The topological polar surface area (TPSA) is 81.0 Å². The Bertz CT molecular complexity index is 952. The maximum absolute atomic E-state index is 13.0. The van der Waals surface area contributed by atoms with Crippen molar-refractivity contribution in [1.29, 1.82) is 5.26 Å². The van der Waals surface area contributed by atoms with Crippen molar-refractivity contribution in [2.45, 2.75) is 25.7 Å². The number of aromatic nitrogens is 1. The van der Waals surface area contributed by atoms with Gasteiger partial charge in [0, 0.05) is 23.3 Å². The van der Waals surface area contributed by atoms with Crippen molar-refractivity contribution in [3.63, 3.8) is 0 Å². The van der Waals surface area contributed by atoms with Gasteiger partial charge in [0.1, 0.15) is 17.4 Å². The Labute approximate surface area is 154 Å². The van der Waals surface area contributed by atoms with Crippen molar-refractivity contribution < 1.29 is 4.74 Å². The van der Waals surface area contributed by atoms with Gasteiger partial charge in [-0.3, -0.25) is 4.79 Å². The number of nitrogens with zero attached hydrogens (tertiary/aromatic N) is 2. The zero-order chi connectivity index (χ0) is 18.1. The molecule has 0 saturated carbocycles. The first kappa shape index (κ1) is 17.3. The van der Waals surface area contributed by atoms with Crippen LogP contribution in [0.5, 0.6) is 5.75 Å². The van der Waals surface area contributed by atoms with E-state index in [1.54, 1.807) is 11.6 Å². The summed E-state index contributed by atoms with van der Waals surface area (Å²) in [5.74, 6) is -0.0363. The molecule has 2 N–H and O–H groups in total. The lowest BCUT2D eigenvalue weighted by atomic mass is 9.84. The van der Waals surface area contributed by atoms with Gasteiger partial charge >= 0.3 is 0 Å². The van der Waals surface area contributed by atoms with Gasteiger partial charge in [0.15, 0.2) is 0 Å². The van der Waals surface area contributed by atoms with Crippen molar-refractivity contribution in [1.82, 2.24) is 4.57 Å². The number of rotatable bonds is 3. The van der Waals surface area contributed by atoms with Crippen molar-refractivity contribution in [3.05, 3.63) is 73.4 Å². The van der Waals surface area contributed by atoms with Crippen LogP contribution >= 0.6 is 15.9 Å². The van der Waals surface area contributed by atoms with Crippen LogP contribution in [0.25, 0.3) is 0 Å². The van der Waals surface area contributed by atoms with Crippen LogP contribution in [0.15, 0.2) is 51.1 Å². The fraction of sp³-hybridized carbons (Fsp3) is 0.263. The molecule has 0 amide bonds. The Hall–Kier alpha value is -2.52. The van der Waals surface area contributed by atoms with E-state index in [4.69, 9.17) is 10.5 Å². The maximum Gasteiger partial charge on any atom is 0.258 e. The third kappa shape index (κ3) is 2.96. The molecule has 0 fully saturated rings. The number of benzene rings is 1. The molecule has 0 aliphatic carbocycles. The molecule has 128 valence electrons. The normalized spacial score (nSPS) is 16.2. The summed E-state index contributed by atoms with van der Waals surface area (Å²) in [5, 5.41) is 9.59. The van der Waals surface area contributed by atoms with Gasteiger partial charge in [0.2, 0.25) is 5.88 Å². The summed E-state index contributed by atoms with van der Waals surface area (Å²) in [6.07, 6.45) is 1.68. The summed E-state index contributed by atoms with van der Waals surface area (Å²) < 4.78 is 8.20. The van der Waals surface area contributed by atoms with E-state index >= 15 is 0 Å². The van der Waals surface area contributed by atoms with Crippen LogP contribution in [-0.4, -0.2) is 4.57 Å². The fourth-order valence-corrected chi connectivity index (χ4v) is 3.42. The quantitative estimate of drug-likeness (QED) is 0.857. The van der Waals surface area contributed by atoms with E-state index < -0.39 is 5.92 Å². The van der Waals surface area contributed by atoms with Crippen LogP contribution in [0.4, 0.5) is 0 Å². The van der Waals surface area contributed by atoms with Gasteiger partial charge in [0.25, 0.3) is 5.56 Å². The third-order valence-electron chi connectivity index (χ3n) is 4.42. The van der Waals surface area contributed by atoms with Gasteiger partial charge in [-0.2, -0.15) is 5.26 Å². The third-order valence-corrected chi connectivity index (χ3v) is 4.95. The fourth-order valence-electron chi connectivity index (χ4n) is 3.16. The molecule has 25 heavy (non-hydrogen) atoms. The number of halogens is 1. The molecule has 5 nitrogen and oxygen atoms in total. The number of pyridine rings is 1. The number of fused-ring (bicyclic) bond motifs is 1. The van der Waals surface area contributed by atoms with E-state index in [-0.39, 0.29) is 17.0 Å². The summed E-state index contributed by atoms with van der Waals surface area (Å²) in [4.78, 5) is 13.0. The van der Waals surface area contributed by atoms with Crippen LogP contribution in [0, 0.1) is 11.3 Å². The first-order valence-corrected chi connectivity index (χ1v) is 8.83. The number of allylic oxidation sites excluding steroid dienone is 1. The van der Waals surface area contributed by atoms with Crippen molar-refractivity contribution in [2.75, 3.05) is 0 Å². The number of aryl methyl sites for hydroxylation is 1. The van der Waals surface area contributed by atoms with Crippen molar-refractivity contribution in [2.24, 2.45) is 12.8 Å². The molecule has 1 aliphatic heterocycles. The highest BCUT2D eigenvalue weighted by Crippen LogP contribution is 2.40. The summed E-state index contributed by atoms with van der Waals surface area (Å²) in [5.41, 5.74) is 8.26. The lowest BCUT2D eigenvalue weighted by molar-refractivity contribution is 0.389. The van der Waals surface area contributed by atoms with E-state index in [1.165, 1.54) is 0 Å². The molecule has 0 bridgehead atoms. The standard InChI is InChI=1S/C19H18BrN3O2/c1-3-4-13-9-15-17(19(24)23(13)2)16(14(10-21)18(22)25-15)11-5-7-12(20)8-6-11/h5-9,16H,3-4,22H2,1-2H3. The SMILES string of the molecule is CCCc1cc2c(c(=O)n1C)C(c1ccc(Br)cc1)C(C#N)=C(N)O2. The first-order chi connectivity index (χ1) is 12.0. The summed E-state index contributed by atoms with van der Waals surface area (Å²) >= 11 is 3.41. The van der Waals surface area contributed by atoms with Gasteiger partial charge in [-0.15, -0.1) is 0 Å². The largest absolute Gasteiger partial charge is 0.440 e. The molecule has 0 spiro atoms. The highest BCUT2D eigenvalue weighted by molar-refractivity contribution is 9.10. The van der Waals surface area contributed by atoms with Crippen LogP contribution in [0.2, 0.25) is 0 Å². The van der Waals surface area contributed by atoms with Crippen LogP contribution < -0.4 is 16.0 Å². The van der Waals surface area contributed by atoms with Crippen molar-refractivity contribution >= 4 is 15.9 Å². The average molecular weight is 400 g/mol. The van der Waals surface area contributed by atoms with Gasteiger partial charge in [-0.05, 0) is 24.1 Å². The average Bonchev–Trinajstić information content (AvgIpc) is 2.59. The van der Waals surface area contributed by atoms with Gasteiger partial charge in [0.05, 0.1) is 11.5 Å². The molecule has 1 aromatic heterocycles. The van der Waals surface area contributed by atoms with Crippen LogP contribution in [-0.2, 0) is 13.5 Å². The lowest BCUT2D eigenvalue weighted by Crippen LogP contribution is -2.32. The van der Waals surface area contributed by atoms with Gasteiger partial charge < -0.3 is 15.0 Å². The van der Waals surface area contributed by atoms with E-state index in [1.807, 2.05) is 30.3 Å². The Morgan fingerprint density at radius 3 is 2.64 bits per heavy atom. The molecule has 3 rings (SSSR count). The van der Waals surface area contributed by atoms with Gasteiger partial charge in [-0.1, -0.05) is 41.4 Å². The Balaban J connectivity index is 2.28. The molecular formula is C19H18BrN3O2. The maximum atomic E-state index is 13.0.